The predicted molar refractivity (Wildman–Crippen MR) is 120 cm³/mol. The number of benzene rings is 2. The van der Waals surface area contributed by atoms with Crippen molar-refractivity contribution >= 4 is 27.0 Å². The first-order valence-electron chi connectivity index (χ1n) is 10.8. The Bertz CT molecular complexity index is 1390. The molecule has 0 amide bonds. The Morgan fingerprint density at radius 2 is 1.79 bits per heavy atom. The van der Waals surface area contributed by atoms with Crippen molar-refractivity contribution in [3.05, 3.63) is 74.9 Å². The maximum absolute atomic E-state index is 14.4. The van der Waals surface area contributed by atoms with E-state index in [1.165, 1.54) is 10.4 Å². The first kappa shape index (κ1) is 23.1. The Morgan fingerprint density at radius 1 is 1.09 bits per heavy atom. The van der Waals surface area contributed by atoms with E-state index in [-0.39, 0.29) is 24.6 Å². The molecule has 1 heterocycles. The zero-order valence-electron chi connectivity index (χ0n) is 18.4. The minimum atomic E-state index is -3.88. The number of fused-ring (bicyclic) bond motifs is 2. The van der Waals surface area contributed by atoms with Crippen LogP contribution in [0.25, 0.3) is 11.0 Å². The van der Waals surface area contributed by atoms with Crippen molar-refractivity contribution in [3.63, 3.8) is 0 Å². The van der Waals surface area contributed by atoms with Gasteiger partial charge in [-0.1, -0.05) is 13.8 Å². The lowest BCUT2D eigenvalue weighted by molar-refractivity contribution is 0.0468. The van der Waals surface area contributed by atoms with E-state index in [1.54, 1.807) is 13.8 Å². The number of ether oxygens (including phenoxy) is 1. The van der Waals surface area contributed by atoms with E-state index in [0.29, 0.717) is 16.5 Å². The molecule has 0 saturated carbocycles. The molecule has 0 unspecified atom stereocenters. The third-order valence-corrected chi connectivity index (χ3v) is 7.95. The summed E-state index contributed by atoms with van der Waals surface area (Å²) in [5.41, 5.74) is 2.07. The summed E-state index contributed by atoms with van der Waals surface area (Å²) in [6.45, 7) is 3.57. The summed E-state index contributed by atoms with van der Waals surface area (Å²) in [4.78, 5) is 24.5. The summed E-state index contributed by atoms with van der Waals surface area (Å²) in [6.07, 6.45) is 2.86. The minimum absolute atomic E-state index is 0.194. The van der Waals surface area contributed by atoms with Gasteiger partial charge in [0.15, 0.2) is 0 Å². The number of hydrogen-bond acceptors (Lipinski definition) is 6. The standard InChI is InChI=1S/C24H24FNO6S/c1-3-26(4-2)33(29,30)18-8-9-21(25)20(13-18)24(28)31-14-17-12-23(27)32-22-11-16-7-5-6-15(16)10-19(17)22/h8-13H,3-7,14H2,1-2H3. The van der Waals surface area contributed by atoms with Crippen LogP contribution in [0.5, 0.6) is 0 Å². The maximum atomic E-state index is 14.4. The number of carbonyl (C=O) groups is 1. The summed E-state index contributed by atoms with van der Waals surface area (Å²) in [7, 11) is -3.88. The molecule has 7 nitrogen and oxygen atoms in total. The van der Waals surface area contributed by atoms with Crippen molar-refractivity contribution < 1.29 is 26.8 Å². The number of nitrogens with zero attached hydrogens (tertiary/aromatic N) is 1. The summed E-state index contributed by atoms with van der Waals surface area (Å²) in [6, 6.07) is 8.05. The molecular weight excluding hydrogens is 449 g/mol. The second kappa shape index (κ2) is 9.07. The molecule has 1 aromatic heterocycles. The molecular formula is C24H24FNO6S. The molecule has 1 aliphatic carbocycles. The van der Waals surface area contributed by atoms with Crippen LogP contribution >= 0.6 is 0 Å². The Balaban J connectivity index is 1.62. The molecule has 1 aliphatic rings. The van der Waals surface area contributed by atoms with Gasteiger partial charge in [-0.2, -0.15) is 4.31 Å². The largest absolute Gasteiger partial charge is 0.457 e. The predicted octanol–water partition coefficient (Wildman–Crippen LogP) is 3.81. The van der Waals surface area contributed by atoms with Gasteiger partial charge in [-0.15, -0.1) is 0 Å². The van der Waals surface area contributed by atoms with E-state index < -0.39 is 33.0 Å². The lowest BCUT2D eigenvalue weighted by Crippen LogP contribution is -2.30. The van der Waals surface area contributed by atoms with Gasteiger partial charge in [-0.25, -0.2) is 22.4 Å². The average molecular weight is 474 g/mol. The fourth-order valence-electron chi connectivity index (χ4n) is 4.17. The van der Waals surface area contributed by atoms with Crippen molar-refractivity contribution in [3.8, 4) is 0 Å². The lowest BCUT2D eigenvalue weighted by atomic mass is 10.0. The monoisotopic (exact) mass is 473 g/mol. The SMILES string of the molecule is CCN(CC)S(=O)(=O)c1ccc(F)c(C(=O)OCc2cc(=O)oc3cc4c(cc23)CCC4)c1. The van der Waals surface area contributed by atoms with E-state index in [9.17, 15) is 22.4 Å². The summed E-state index contributed by atoms with van der Waals surface area (Å²) in [5, 5.41) is 0.654. The topological polar surface area (TPSA) is 93.9 Å². The second-order valence-corrected chi connectivity index (χ2v) is 9.81. The van der Waals surface area contributed by atoms with E-state index in [2.05, 4.69) is 0 Å². The number of esters is 1. The van der Waals surface area contributed by atoms with E-state index in [1.807, 2.05) is 12.1 Å². The van der Waals surface area contributed by atoms with Crippen molar-refractivity contribution in [2.24, 2.45) is 0 Å². The number of sulfonamides is 1. The molecule has 4 rings (SSSR count). The molecule has 0 fully saturated rings. The van der Waals surface area contributed by atoms with Crippen LogP contribution in [0, 0.1) is 5.82 Å². The molecule has 0 N–H and O–H groups in total. The molecule has 0 spiro atoms. The average Bonchev–Trinajstić information content (AvgIpc) is 3.24. The second-order valence-electron chi connectivity index (χ2n) is 7.87. The smallest absolute Gasteiger partial charge is 0.341 e. The van der Waals surface area contributed by atoms with Gasteiger partial charge < -0.3 is 9.15 Å². The minimum Gasteiger partial charge on any atom is -0.457 e. The molecule has 3 aromatic rings. The Hall–Kier alpha value is -3.04. The number of hydrogen-bond donors (Lipinski definition) is 0. The van der Waals surface area contributed by atoms with Crippen LogP contribution in [0.2, 0.25) is 0 Å². The van der Waals surface area contributed by atoms with Crippen molar-refractivity contribution in [2.45, 2.75) is 44.6 Å². The van der Waals surface area contributed by atoms with Crippen LogP contribution in [0.3, 0.4) is 0 Å². The maximum Gasteiger partial charge on any atom is 0.341 e. The highest BCUT2D eigenvalue weighted by Gasteiger charge is 2.25. The van der Waals surface area contributed by atoms with E-state index >= 15 is 0 Å². The zero-order valence-corrected chi connectivity index (χ0v) is 19.2. The Morgan fingerprint density at radius 3 is 2.48 bits per heavy atom. The third kappa shape index (κ3) is 4.43. The molecule has 0 saturated heterocycles. The van der Waals surface area contributed by atoms with Gasteiger partial charge in [0.25, 0.3) is 0 Å². The highest BCUT2D eigenvalue weighted by molar-refractivity contribution is 7.89. The van der Waals surface area contributed by atoms with Crippen LogP contribution in [-0.4, -0.2) is 31.8 Å². The van der Waals surface area contributed by atoms with Crippen molar-refractivity contribution in [2.75, 3.05) is 13.1 Å². The fraction of sp³-hybridized carbons (Fsp3) is 0.333. The molecule has 0 radical (unpaired) electrons. The van der Waals surface area contributed by atoms with Crippen molar-refractivity contribution in [1.82, 2.24) is 4.31 Å². The van der Waals surface area contributed by atoms with Gasteiger partial charge in [0, 0.05) is 30.1 Å². The first-order chi connectivity index (χ1) is 15.7. The molecule has 33 heavy (non-hydrogen) atoms. The normalized spacial score (nSPS) is 13.5. The van der Waals surface area contributed by atoms with E-state index in [4.69, 9.17) is 9.15 Å². The van der Waals surface area contributed by atoms with Gasteiger partial charge in [-0.05, 0) is 60.7 Å². The summed E-state index contributed by atoms with van der Waals surface area (Å²) >= 11 is 0. The Labute approximate surface area is 190 Å². The van der Waals surface area contributed by atoms with Crippen LogP contribution < -0.4 is 5.63 Å². The number of halogens is 1. The van der Waals surface area contributed by atoms with Gasteiger partial charge >= 0.3 is 11.6 Å². The van der Waals surface area contributed by atoms with Crippen LogP contribution in [-0.2, 0) is 34.2 Å². The van der Waals surface area contributed by atoms with Gasteiger partial charge in [0.05, 0.1) is 10.5 Å². The third-order valence-electron chi connectivity index (χ3n) is 5.90. The molecule has 0 atom stereocenters. The fourth-order valence-corrected chi connectivity index (χ4v) is 5.65. The quantitative estimate of drug-likeness (QED) is 0.383. The van der Waals surface area contributed by atoms with Gasteiger partial charge in [0.1, 0.15) is 18.0 Å². The van der Waals surface area contributed by atoms with Crippen LogP contribution in [0.1, 0.15) is 47.3 Å². The van der Waals surface area contributed by atoms with Crippen molar-refractivity contribution in [1.29, 1.82) is 0 Å². The Kier molecular flexibility index (Phi) is 6.36. The number of aryl methyl sites for hydroxylation is 2. The van der Waals surface area contributed by atoms with Gasteiger partial charge in [-0.3, -0.25) is 0 Å². The highest BCUT2D eigenvalue weighted by Crippen LogP contribution is 2.29. The molecule has 0 bridgehead atoms. The molecule has 0 aliphatic heterocycles. The first-order valence-corrected chi connectivity index (χ1v) is 12.2. The van der Waals surface area contributed by atoms with Crippen LogP contribution in [0.15, 0.2) is 50.5 Å². The van der Waals surface area contributed by atoms with Crippen LogP contribution in [0.4, 0.5) is 4.39 Å². The summed E-state index contributed by atoms with van der Waals surface area (Å²) in [5.74, 6) is -1.92. The highest BCUT2D eigenvalue weighted by atomic mass is 32.2. The number of rotatable bonds is 7. The lowest BCUT2D eigenvalue weighted by Gasteiger charge is -2.18. The van der Waals surface area contributed by atoms with Gasteiger partial charge in [0.2, 0.25) is 10.0 Å². The zero-order chi connectivity index (χ0) is 23.8. The molecule has 9 heteroatoms. The molecule has 174 valence electrons. The van der Waals surface area contributed by atoms with E-state index in [0.717, 1.165) is 48.6 Å². The number of carbonyl (C=O) groups excluding carboxylic acids is 1. The summed E-state index contributed by atoms with van der Waals surface area (Å²) < 4.78 is 51.7. The molecule has 2 aromatic carbocycles.